The second-order valence-electron chi connectivity index (χ2n) is 5.17. The van der Waals surface area contributed by atoms with E-state index in [1.165, 1.54) is 19.4 Å². The molecule has 0 atom stereocenters. The Morgan fingerprint density at radius 1 is 1.41 bits per heavy atom. The number of nitrogens with zero attached hydrogens (tertiary/aromatic N) is 2. The summed E-state index contributed by atoms with van der Waals surface area (Å²) in [6.07, 6.45) is 1.50. The maximum atomic E-state index is 13.3. The number of rotatable bonds is 3. The molecule has 22 heavy (non-hydrogen) atoms. The predicted molar refractivity (Wildman–Crippen MR) is 81.9 cm³/mol. The lowest BCUT2D eigenvalue weighted by atomic mass is 9.91. The van der Waals surface area contributed by atoms with Crippen LogP contribution in [0.5, 0.6) is 0 Å². The summed E-state index contributed by atoms with van der Waals surface area (Å²) >= 11 is 5.90. The van der Waals surface area contributed by atoms with Crippen LogP contribution in [0, 0.1) is 5.82 Å². The van der Waals surface area contributed by atoms with Gasteiger partial charge in [0.1, 0.15) is 17.2 Å². The minimum atomic E-state index is -0.473. The van der Waals surface area contributed by atoms with E-state index in [2.05, 4.69) is 4.98 Å². The Balaban J connectivity index is 1.79. The molecule has 1 fully saturated rings. The SMILES string of the molecule is COC(=O)c1cc(Cl)cnc1N1CC(c2cccc(F)c2)C1. The maximum Gasteiger partial charge on any atom is 0.341 e. The number of ether oxygens (including phenoxy) is 1. The van der Waals surface area contributed by atoms with E-state index in [0.717, 1.165) is 5.56 Å². The van der Waals surface area contributed by atoms with Crippen molar-refractivity contribution in [3.8, 4) is 0 Å². The number of esters is 1. The molecule has 2 heterocycles. The van der Waals surface area contributed by atoms with E-state index in [9.17, 15) is 9.18 Å². The summed E-state index contributed by atoms with van der Waals surface area (Å²) < 4.78 is 18.0. The zero-order chi connectivity index (χ0) is 15.7. The fourth-order valence-corrected chi connectivity index (χ4v) is 2.72. The monoisotopic (exact) mass is 320 g/mol. The highest BCUT2D eigenvalue weighted by Crippen LogP contribution is 2.33. The van der Waals surface area contributed by atoms with Crippen LogP contribution < -0.4 is 4.90 Å². The van der Waals surface area contributed by atoms with Crippen LogP contribution in [-0.4, -0.2) is 31.2 Å². The fourth-order valence-electron chi connectivity index (χ4n) is 2.57. The van der Waals surface area contributed by atoms with Gasteiger partial charge in [-0.1, -0.05) is 23.7 Å². The van der Waals surface area contributed by atoms with Gasteiger partial charge in [0.25, 0.3) is 0 Å². The first-order valence-corrected chi connectivity index (χ1v) is 7.20. The number of benzene rings is 1. The summed E-state index contributed by atoms with van der Waals surface area (Å²) in [6, 6.07) is 8.12. The van der Waals surface area contributed by atoms with Crippen LogP contribution in [0.2, 0.25) is 5.02 Å². The molecule has 0 spiro atoms. The van der Waals surface area contributed by atoms with Gasteiger partial charge in [0.15, 0.2) is 0 Å². The van der Waals surface area contributed by atoms with Crippen LogP contribution >= 0.6 is 11.6 Å². The molecule has 1 saturated heterocycles. The largest absolute Gasteiger partial charge is 0.465 e. The van der Waals surface area contributed by atoms with Gasteiger partial charge in [-0.15, -0.1) is 0 Å². The molecule has 6 heteroatoms. The highest BCUT2D eigenvalue weighted by molar-refractivity contribution is 6.30. The average Bonchev–Trinajstić information content (AvgIpc) is 2.46. The van der Waals surface area contributed by atoms with Crippen LogP contribution in [0.25, 0.3) is 0 Å². The minimum absolute atomic E-state index is 0.221. The molecule has 1 aromatic heterocycles. The Labute approximate surface area is 132 Å². The van der Waals surface area contributed by atoms with Gasteiger partial charge in [0.05, 0.1) is 12.1 Å². The van der Waals surface area contributed by atoms with Gasteiger partial charge in [0.2, 0.25) is 0 Å². The zero-order valence-electron chi connectivity index (χ0n) is 11.9. The van der Waals surface area contributed by atoms with E-state index in [-0.39, 0.29) is 11.7 Å². The molecule has 4 nitrogen and oxygen atoms in total. The molecule has 0 unspecified atom stereocenters. The van der Waals surface area contributed by atoms with Gasteiger partial charge >= 0.3 is 5.97 Å². The van der Waals surface area contributed by atoms with Crippen LogP contribution in [0.3, 0.4) is 0 Å². The van der Waals surface area contributed by atoms with Gasteiger partial charge in [0, 0.05) is 25.2 Å². The topological polar surface area (TPSA) is 42.4 Å². The lowest BCUT2D eigenvalue weighted by Crippen LogP contribution is -2.46. The van der Waals surface area contributed by atoms with Crippen molar-refractivity contribution >= 4 is 23.4 Å². The van der Waals surface area contributed by atoms with Crippen molar-refractivity contribution in [2.45, 2.75) is 5.92 Å². The third-order valence-electron chi connectivity index (χ3n) is 3.74. The van der Waals surface area contributed by atoms with Gasteiger partial charge in [-0.25, -0.2) is 14.2 Å². The molecular weight excluding hydrogens is 307 g/mol. The van der Waals surface area contributed by atoms with E-state index in [4.69, 9.17) is 16.3 Å². The molecule has 1 aliphatic rings. The average molecular weight is 321 g/mol. The molecule has 0 aliphatic carbocycles. The molecule has 1 aromatic carbocycles. The lowest BCUT2D eigenvalue weighted by Gasteiger charge is -2.41. The van der Waals surface area contributed by atoms with Gasteiger partial charge < -0.3 is 9.64 Å². The van der Waals surface area contributed by atoms with E-state index in [1.807, 2.05) is 11.0 Å². The van der Waals surface area contributed by atoms with Crippen LogP contribution in [0.4, 0.5) is 10.2 Å². The fraction of sp³-hybridized carbons (Fsp3) is 0.250. The van der Waals surface area contributed by atoms with E-state index in [1.54, 1.807) is 18.2 Å². The molecule has 3 rings (SSSR count). The second-order valence-corrected chi connectivity index (χ2v) is 5.61. The first-order chi connectivity index (χ1) is 10.6. The molecule has 0 N–H and O–H groups in total. The summed E-state index contributed by atoms with van der Waals surface area (Å²) in [7, 11) is 1.32. The van der Waals surface area contributed by atoms with Gasteiger partial charge in [-0.2, -0.15) is 0 Å². The number of methoxy groups -OCH3 is 1. The molecule has 0 bridgehead atoms. The Bertz CT molecular complexity index is 717. The molecule has 2 aromatic rings. The van der Waals surface area contributed by atoms with Crippen molar-refractivity contribution in [2.75, 3.05) is 25.1 Å². The third kappa shape index (κ3) is 2.76. The molecular formula is C16H14ClFN2O2. The predicted octanol–water partition coefficient (Wildman–Crippen LogP) is 3.26. The third-order valence-corrected chi connectivity index (χ3v) is 3.95. The number of carbonyl (C=O) groups excluding carboxylic acids is 1. The summed E-state index contributed by atoms with van der Waals surface area (Å²) in [5, 5.41) is 0.381. The van der Waals surface area contributed by atoms with E-state index >= 15 is 0 Å². The number of halogens is 2. The number of hydrogen-bond acceptors (Lipinski definition) is 4. The number of hydrogen-bond donors (Lipinski definition) is 0. The van der Waals surface area contributed by atoms with Gasteiger partial charge in [-0.3, -0.25) is 0 Å². The smallest absolute Gasteiger partial charge is 0.341 e. The van der Waals surface area contributed by atoms with Gasteiger partial charge in [-0.05, 0) is 23.8 Å². The Morgan fingerprint density at radius 3 is 2.86 bits per heavy atom. The van der Waals surface area contributed by atoms with Crippen LogP contribution in [0.1, 0.15) is 21.8 Å². The van der Waals surface area contributed by atoms with E-state index < -0.39 is 5.97 Å². The quantitative estimate of drug-likeness (QED) is 0.814. The number of carbonyl (C=O) groups is 1. The van der Waals surface area contributed by atoms with Crippen molar-refractivity contribution < 1.29 is 13.9 Å². The second kappa shape index (κ2) is 5.93. The van der Waals surface area contributed by atoms with Crippen molar-refractivity contribution in [1.82, 2.24) is 4.98 Å². The Hall–Kier alpha value is -2.14. The minimum Gasteiger partial charge on any atom is -0.465 e. The van der Waals surface area contributed by atoms with Crippen LogP contribution in [-0.2, 0) is 4.74 Å². The zero-order valence-corrected chi connectivity index (χ0v) is 12.7. The first-order valence-electron chi connectivity index (χ1n) is 6.82. The standard InChI is InChI=1S/C16H14ClFN2O2/c1-22-16(21)14-6-12(17)7-19-15(14)20-8-11(9-20)10-3-2-4-13(18)5-10/h2-7,11H,8-9H2,1H3. The van der Waals surface area contributed by atoms with Crippen LogP contribution in [0.15, 0.2) is 36.5 Å². The summed E-state index contributed by atoms with van der Waals surface area (Å²) in [6.45, 7) is 1.34. The molecule has 0 amide bonds. The van der Waals surface area contributed by atoms with Crippen molar-refractivity contribution in [3.05, 3.63) is 58.5 Å². The highest BCUT2D eigenvalue weighted by Gasteiger charge is 2.32. The number of pyridine rings is 1. The van der Waals surface area contributed by atoms with Crippen molar-refractivity contribution in [3.63, 3.8) is 0 Å². The number of anilines is 1. The lowest BCUT2D eigenvalue weighted by molar-refractivity contribution is 0.0600. The van der Waals surface area contributed by atoms with E-state index in [0.29, 0.717) is 29.5 Å². The Kier molecular flexibility index (Phi) is 3.98. The van der Waals surface area contributed by atoms with Crippen molar-refractivity contribution in [2.24, 2.45) is 0 Å². The highest BCUT2D eigenvalue weighted by atomic mass is 35.5. The summed E-state index contributed by atoms with van der Waals surface area (Å²) in [5.74, 6) is 0.0533. The molecule has 0 radical (unpaired) electrons. The maximum absolute atomic E-state index is 13.3. The summed E-state index contributed by atoms with van der Waals surface area (Å²) in [5.41, 5.74) is 1.29. The normalized spacial score (nSPS) is 14.6. The summed E-state index contributed by atoms with van der Waals surface area (Å²) in [4.78, 5) is 18.0. The molecule has 1 aliphatic heterocycles. The Morgan fingerprint density at radius 2 is 2.18 bits per heavy atom. The molecule has 0 saturated carbocycles. The van der Waals surface area contributed by atoms with Crippen molar-refractivity contribution in [1.29, 1.82) is 0 Å². The molecule has 114 valence electrons. The number of aromatic nitrogens is 1. The first kappa shape index (κ1) is 14.8.